The maximum Gasteiger partial charge on any atom is 0.0148 e. The highest BCUT2D eigenvalue weighted by molar-refractivity contribution is 7.99. The van der Waals surface area contributed by atoms with Gasteiger partial charge in [0.1, 0.15) is 0 Å². The summed E-state index contributed by atoms with van der Waals surface area (Å²) in [5.74, 6) is 2.55. The number of hydrogen-bond donors (Lipinski definition) is 1. The van der Waals surface area contributed by atoms with Gasteiger partial charge >= 0.3 is 0 Å². The molecule has 80 valence electrons. The highest BCUT2D eigenvalue weighted by Crippen LogP contribution is 2.13. The Balaban J connectivity index is 3.39. The van der Waals surface area contributed by atoms with Crippen molar-refractivity contribution in [1.82, 2.24) is 5.32 Å². The van der Waals surface area contributed by atoms with Crippen molar-refractivity contribution in [3.8, 4) is 0 Å². The van der Waals surface area contributed by atoms with Gasteiger partial charge in [0, 0.05) is 5.54 Å². The van der Waals surface area contributed by atoms with Crippen LogP contribution in [0.2, 0.25) is 0 Å². The minimum Gasteiger partial charge on any atom is -0.312 e. The number of nitrogens with one attached hydrogen (secondary N) is 1. The second kappa shape index (κ2) is 7.69. The van der Waals surface area contributed by atoms with Crippen LogP contribution < -0.4 is 5.32 Å². The van der Waals surface area contributed by atoms with Crippen molar-refractivity contribution in [1.29, 1.82) is 0 Å². The molecule has 0 aliphatic heterocycles. The molecule has 0 bridgehead atoms. The van der Waals surface area contributed by atoms with Crippen LogP contribution in [0.25, 0.3) is 0 Å². The van der Waals surface area contributed by atoms with E-state index in [0.29, 0.717) is 5.54 Å². The van der Waals surface area contributed by atoms with E-state index in [1.165, 1.54) is 37.3 Å². The third kappa shape index (κ3) is 6.39. The molecule has 0 aromatic carbocycles. The van der Waals surface area contributed by atoms with Gasteiger partial charge in [-0.2, -0.15) is 11.8 Å². The molecule has 0 aliphatic carbocycles. The van der Waals surface area contributed by atoms with Gasteiger partial charge in [-0.05, 0) is 44.2 Å². The summed E-state index contributed by atoms with van der Waals surface area (Å²) in [5.41, 5.74) is 0.372. The maximum atomic E-state index is 3.64. The summed E-state index contributed by atoms with van der Waals surface area (Å²) < 4.78 is 0. The van der Waals surface area contributed by atoms with Gasteiger partial charge in [0.25, 0.3) is 0 Å². The zero-order valence-corrected chi connectivity index (χ0v) is 10.5. The second-order valence-corrected chi connectivity index (χ2v) is 5.14. The van der Waals surface area contributed by atoms with Crippen LogP contribution in [0.1, 0.15) is 47.0 Å². The van der Waals surface area contributed by atoms with E-state index in [-0.39, 0.29) is 0 Å². The summed E-state index contributed by atoms with van der Waals surface area (Å²) in [6.07, 6.45) is 3.75. The minimum atomic E-state index is 0.372. The van der Waals surface area contributed by atoms with Crippen LogP contribution in [0.3, 0.4) is 0 Å². The van der Waals surface area contributed by atoms with Gasteiger partial charge in [0.2, 0.25) is 0 Å². The fourth-order valence-electron chi connectivity index (χ4n) is 1.21. The van der Waals surface area contributed by atoms with Crippen molar-refractivity contribution in [2.45, 2.75) is 52.5 Å². The predicted molar refractivity (Wildman–Crippen MR) is 64.6 cm³/mol. The largest absolute Gasteiger partial charge is 0.312 e. The van der Waals surface area contributed by atoms with E-state index in [2.05, 4.69) is 33.0 Å². The fraction of sp³-hybridized carbons (Fsp3) is 1.00. The van der Waals surface area contributed by atoms with Gasteiger partial charge in [-0.1, -0.05) is 20.8 Å². The van der Waals surface area contributed by atoms with Gasteiger partial charge in [-0.15, -0.1) is 0 Å². The first kappa shape index (κ1) is 13.3. The van der Waals surface area contributed by atoms with E-state index in [9.17, 15) is 0 Å². The molecule has 13 heavy (non-hydrogen) atoms. The van der Waals surface area contributed by atoms with E-state index in [0.717, 1.165) is 0 Å². The van der Waals surface area contributed by atoms with Gasteiger partial charge < -0.3 is 5.32 Å². The Labute approximate surface area is 88.1 Å². The van der Waals surface area contributed by atoms with Gasteiger partial charge in [0.05, 0.1) is 0 Å². The van der Waals surface area contributed by atoms with Crippen molar-refractivity contribution in [2.24, 2.45) is 0 Å². The van der Waals surface area contributed by atoms with Crippen LogP contribution in [0.5, 0.6) is 0 Å². The molecule has 0 spiro atoms. The number of hydrogen-bond acceptors (Lipinski definition) is 2. The molecule has 0 amide bonds. The normalized spacial score (nSPS) is 12.0. The Hall–Kier alpha value is 0.310. The lowest BCUT2D eigenvalue weighted by atomic mass is 9.95. The van der Waals surface area contributed by atoms with E-state index in [1.54, 1.807) is 0 Å². The molecule has 0 saturated carbocycles. The lowest BCUT2D eigenvalue weighted by molar-refractivity contribution is 0.333. The smallest absolute Gasteiger partial charge is 0.0148 e. The highest BCUT2D eigenvalue weighted by Gasteiger charge is 2.17. The quantitative estimate of drug-likeness (QED) is 0.608. The predicted octanol–water partition coefficient (Wildman–Crippen LogP) is 3.30. The Kier molecular flexibility index (Phi) is 7.87. The molecule has 0 aromatic heterocycles. The van der Waals surface area contributed by atoms with Crippen LogP contribution in [0.15, 0.2) is 0 Å². The van der Waals surface area contributed by atoms with Crippen molar-refractivity contribution < 1.29 is 0 Å². The zero-order chi connectivity index (χ0) is 10.2. The third-order valence-electron chi connectivity index (χ3n) is 2.78. The standard InChI is InChI=1S/C11H25NS/c1-5-11(4,6-2)12-9-8-10-13-7-3/h12H,5-10H2,1-4H3. The lowest BCUT2D eigenvalue weighted by Crippen LogP contribution is -2.41. The second-order valence-electron chi connectivity index (χ2n) is 3.75. The summed E-state index contributed by atoms with van der Waals surface area (Å²) in [5, 5.41) is 3.64. The maximum absolute atomic E-state index is 3.64. The molecule has 0 radical (unpaired) electrons. The highest BCUT2D eigenvalue weighted by atomic mass is 32.2. The van der Waals surface area contributed by atoms with Crippen LogP contribution >= 0.6 is 11.8 Å². The van der Waals surface area contributed by atoms with Crippen molar-refractivity contribution in [2.75, 3.05) is 18.1 Å². The molecule has 0 aliphatic rings. The first-order valence-corrected chi connectivity index (χ1v) is 6.66. The summed E-state index contributed by atoms with van der Waals surface area (Å²) in [6, 6.07) is 0. The van der Waals surface area contributed by atoms with Crippen molar-refractivity contribution >= 4 is 11.8 Å². The molecule has 2 heteroatoms. The summed E-state index contributed by atoms with van der Waals surface area (Å²) in [7, 11) is 0. The first-order chi connectivity index (χ1) is 6.18. The molecule has 0 saturated heterocycles. The molecule has 0 rings (SSSR count). The monoisotopic (exact) mass is 203 g/mol. The Morgan fingerprint density at radius 1 is 1.15 bits per heavy atom. The molecule has 0 heterocycles. The SMILES string of the molecule is CCSCCCNC(C)(CC)CC. The number of thioether (sulfide) groups is 1. The Bertz CT molecular complexity index is 111. The van der Waals surface area contributed by atoms with Gasteiger partial charge in [0.15, 0.2) is 0 Å². The van der Waals surface area contributed by atoms with Crippen LogP contribution in [-0.2, 0) is 0 Å². The van der Waals surface area contributed by atoms with Gasteiger partial charge in [-0.25, -0.2) is 0 Å². The van der Waals surface area contributed by atoms with E-state index in [1.807, 2.05) is 11.8 Å². The van der Waals surface area contributed by atoms with Crippen LogP contribution in [0, 0.1) is 0 Å². The zero-order valence-electron chi connectivity index (χ0n) is 9.65. The molecule has 0 aromatic rings. The average molecular weight is 203 g/mol. The molecular weight excluding hydrogens is 178 g/mol. The lowest BCUT2D eigenvalue weighted by Gasteiger charge is -2.28. The minimum absolute atomic E-state index is 0.372. The average Bonchev–Trinajstić information content (AvgIpc) is 2.17. The van der Waals surface area contributed by atoms with E-state index < -0.39 is 0 Å². The summed E-state index contributed by atoms with van der Waals surface area (Å²) >= 11 is 2.03. The molecule has 0 fully saturated rings. The Morgan fingerprint density at radius 2 is 1.77 bits per heavy atom. The molecular formula is C11H25NS. The van der Waals surface area contributed by atoms with Crippen LogP contribution in [0.4, 0.5) is 0 Å². The van der Waals surface area contributed by atoms with Crippen molar-refractivity contribution in [3.63, 3.8) is 0 Å². The topological polar surface area (TPSA) is 12.0 Å². The van der Waals surface area contributed by atoms with Crippen molar-refractivity contribution in [3.05, 3.63) is 0 Å². The number of rotatable bonds is 8. The van der Waals surface area contributed by atoms with Gasteiger partial charge in [-0.3, -0.25) is 0 Å². The third-order valence-corrected chi connectivity index (χ3v) is 3.77. The van der Waals surface area contributed by atoms with Crippen LogP contribution in [-0.4, -0.2) is 23.6 Å². The van der Waals surface area contributed by atoms with E-state index in [4.69, 9.17) is 0 Å². The molecule has 0 unspecified atom stereocenters. The molecule has 1 nitrogen and oxygen atoms in total. The fourth-order valence-corrected chi connectivity index (χ4v) is 1.85. The summed E-state index contributed by atoms with van der Waals surface area (Å²) in [6.45, 7) is 10.2. The molecule has 1 N–H and O–H groups in total. The van der Waals surface area contributed by atoms with E-state index >= 15 is 0 Å². The summed E-state index contributed by atoms with van der Waals surface area (Å²) in [4.78, 5) is 0. The molecule has 0 atom stereocenters. The Morgan fingerprint density at radius 3 is 2.23 bits per heavy atom. The first-order valence-electron chi connectivity index (χ1n) is 5.51.